The normalized spacial score (nSPS) is 16.4. The number of methoxy groups -OCH3 is 3. The highest BCUT2D eigenvalue weighted by Gasteiger charge is 2.36. The van der Waals surface area contributed by atoms with Crippen LogP contribution in [0.4, 0.5) is 0 Å². The Bertz CT molecular complexity index is 475. The van der Waals surface area contributed by atoms with E-state index in [1.165, 1.54) is 19.3 Å². The van der Waals surface area contributed by atoms with Gasteiger partial charge >= 0.3 is 0 Å². The van der Waals surface area contributed by atoms with Gasteiger partial charge < -0.3 is 19.5 Å². The summed E-state index contributed by atoms with van der Waals surface area (Å²) in [7, 11) is 5.03. The lowest BCUT2D eigenvalue weighted by molar-refractivity contribution is 0.0177. The maximum atomic E-state index is 6.13. The Morgan fingerprint density at radius 1 is 1.19 bits per heavy atom. The lowest BCUT2D eigenvalue weighted by atomic mass is 9.69. The predicted molar refractivity (Wildman–Crippen MR) is 84.4 cm³/mol. The number of rotatable bonds is 8. The molecular weight excluding hydrogens is 290 g/mol. The van der Waals surface area contributed by atoms with Crippen LogP contribution in [0, 0.1) is 5.41 Å². The molecule has 0 radical (unpaired) electrons. The number of hydrogen-bond donors (Lipinski definition) is 1. The molecule has 1 N–H and O–H groups in total. The Balaban J connectivity index is 2.01. The summed E-state index contributed by atoms with van der Waals surface area (Å²) in [5.74, 6) is 1.40. The van der Waals surface area contributed by atoms with Crippen molar-refractivity contribution in [3.63, 3.8) is 0 Å². The minimum Gasteiger partial charge on any atom is -0.493 e. The maximum absolute atomic E-state index is 6.13. The third-order valence-electron chi connectivity index (χ3n) is 4.20. The van der Waals surface area contributed by atoms with Gasteiger partial charge in [0.1, 0.15) is 0 Å². The molecular formula is C16H24ClNO3. The molecule has 0 amide bonds. The zero-order valence-electron chi connectivity index (χ0n) is 13.0. The molecule has 4 nitrogen and oxygen atoms in total. The molecule has 1 aliphatic rings. The molecule has 1 fully saturated rings. The van der Waals surface area contributed by atoms with E-state index in [1.54, 1.807) is 27.4 Å². The second kappa shape index (κ2) is 7.34. The van der Waals surface area contributed by atoms with E-state index in [1.807, 2.05) is 6.07 Å². The minimum atomic E-state index is 0.296. The standard InChI is InChI=1S/C16H24ClNO3/c1-19-11-16(5-4-6-16)10-18-9-12-7-13(17)8-14(20-2)15(12)21-3/h7-8,18H,4-6,9-11H2,1-3H3. The fourth-order valence-electron chi connectivity index (χ4n) is 2.95. The van der Waals surface area contributed by atoms with Gasteiger partial charge in [0.25, 0.3) is 0 Å². The molecule has 0 unspecified atom stereocenters. The van der Waals surface area contributed by atoms with Crippen LogP contribution in [0.15, 0.2) is 12.1 Å². The van der Waals surface area contributed by atoms with Crippen molar-refractivity contribution in [3.8, 4) is 11.5 Å². The molecule has 1 aromatic rings. The number of halogens is 1. The van der Waals surface area contributed by atoms with Crippen LogP contribution in [0.5, 0.6) is 11.5 Å². The van der Waals surface area contributed by atoms with Gasteiger partial charge in [0.05, 0.1) is 20.8 Å². The molecule has 0 aliphatic heterocycles. The van der Waals surface area contributed by atoms with E-state index in [-0.39, 0.29) is 0 Å². The Kier molecular flexibility index (Phi) is 5.73. The van der Waals surface area contributed by atoms with Gasteiger partial charge in [-0.3, -0.25) is 0 Å². The van der Waals surface area contributed by atoms with Crippen LogP contribution in [0.3, 0.4) is 0 Å². The Morgan fingerprint density at radius 2 is 1.95 bits per heavy atom. The van der Waals surface area contributed by atoms with Crippen LogP contribution in [-0.2, 0) is 11.3 Å². The first kappa shape index (κ1) is 16.4. The third-order valence-corrected chi connectivity index (χ3v) is 4.42. The molecule has 2 rings (SSSR count). The highest BCUT2D eigenvalue weighted by molar-refractivity contribution is 6.30. The first-order valence-electron chi connectivity index (χ1n) is 7.24. The second-order valence-corrected chi connectivity index (χ2v) is 6.13. The maximum Gasteiger partial charge on any atom is 0.165 e. The SMILES string of the molecule is COCC1(CNCc2cc(Cl)cc(OC)c2OC)CCC1. The van der Waals surface area contributed by atoms with Crippen molar-refractivity contribution in [1.82, 2.24) is 5.32 Å². The fourth-order valence-corrected chi connectivity index (χ4v) is 3.19. The lowest BCUT2D eigenvalue weighted by Crippen LogP contribution is -2.43. The van der Waals surface area contributed by atoms with E-state index in [9.17, 15) is 0 Å². The number of nitrogens with one attached hydrogen (secondary N) is 1. The Morgan fingerprint density at radius 3 is 2.48 bits per heavy atom. The lowest BCUT2D eigenvalue weighted by Gasteiger charge is -2.41. The van der Waals surface area contributed by atoms with Crippen molar-refractivity contribution >= 4 is 11.6 Å². The van der Waals surface area contributed by atoms with E-state index < -0.39 is 0 Å². The predicted octanol–water partition coefficient (Wildman–Crippen LogP) is 3.26. The van der Waals surface area contributed by atoms with Gasteiger partial charge in [-0.25, -0.2) is 0 Å². The highest BCUT2D eigenvalue weighted by Crippen LogP contribution is 2.40. The first-order chi connectivity index (χ1) is 10.1. The van der Waals surface area contributed by atoms with E-state index in [0.29, 0.717) is 22.7 Å². The quantitative estimate of drug-likeness (QED) is 0.799. The van der Waals surface area contributed by atoms with Crippen molar-refractivity contribution in [2.75, 3.05) is 34.5 Å². The average Bonchev–Trinajstić information content (AvgIpc) is 2.43. The molecule has 0 saturated heterocycles. The van der Waals surface area contributed by atoms with Crippen molar-refractivity contribution in [1.29, 1.82) is 0 Å². The van der Waals surface area contributed by atoms with E-state index >= 15 is 0 Å². The minimum absolute atomic E-state index is 0.296. The van der Waals surface area contributed by atoms with Crippen molar-refractivity contribution < 1.29 is 14.2 Å². The van der Waals surface area contributed by atoms with Crippen molar-refractivity contribution in [2.45, 2.75) is 25.8 Å². The zero-order chi connectivity index (χ0) is 15.3. The number of ether oxygens (including phenoxy) is 3. The summed E-state index contributed by atoms with van der Waals surface area (Å²) in [5.41, 5.74) is 1.30. The largest absolute Gasteiger partial charge is 0.493 e. The zero-order valence-corrected chi connectivity index (χ0v) is 13.8. The van der Waals surface area contributed by atoms with Gasteiger partial charge in [-0.15, -0.1) is 0 Å². The van der Waals surface area contributed by atoms with Gasteiger partial charge in [-0.1, -0.05) is 18.0 Å². The fraction of sp³-hybridized carbons (Fsp3) is 0.625. The molecule has 1 aliphatic carbocycles. The molecule has 1 aromatic carbocycles. The summed E-state index contributed by atoms with van der Waals surface area (Å²) in [6.07, 6.45) is 3.74. The van der Waals surface area contributed by atoms with Crippen molar-refractivity contribution in [3.05, 3.63) is 22.7 Å². The molecule has 0 spiro atoms. The van der Waals surface area contributed by atoms with Gasteiger partial charge in [0.2, 0.25) is 0 Å². The molecule has 0 heterocycles. The molecule has 0 aromatic heterocycles. The van der Waals surface area contributed by atoms with Crippen LogP contribution in [0.1, 0.15) is 24.8 Å². The van der Waals surface area contributed by atoms with Crippen LogP contribution in [0.25, 0.3) is 0 Å². The molecule has 0 atom stereocenters. The summed E-state index contributed by atoms with van der Waals surface area (Å²) < 4.78 is 16.1. The Hall–Kier alpha value is -0.970. The summed E-state index contributed by atoms with van der Waals surface area (Å²) in [4.78, 5) is 0. The second-order valence-electron chi connectivity index (χ2n) is 5.69. The first-order valence-corrected chi connectivity index (χ1v) is 7.62. The van der Waals surface area contributed by atoms with Crippen LogP contribution < -0.4 is 14.8 Å². The molecule has 118 valence electrons. The number of hydrogen-bond acceptors (Lipinski definition) is 4. The molecule has 21 heavy (non-hydrogen) atoms. The van der Waals surface area contributed by atoms with Gasteiger partial charge in [-0.05, 0) is 18.9 Å². The van der Waals surface area contributed by atoms with Crippen LogP contribution in [0.2, 0.25) is 5.02 Å². The van der Waals surface area contributed by atoms with E-state index in [4.69, 9.17) is 25.8 Å². The van der Waals surface area contributed by atoms with Crippen LogP contribution in [-0.4, -0.2) is 34.5 Å². The topological polar surface area (TPSA) is 39.7 Å². The summed E-state index contributed by atoms with van der Waals surface area (Å²) in [6, 6.07) is 3.68. The number of benzene rings is 1. The van der Waals surface area contributed by atoms with Crippen molar-refractivity contribution in [2.24, 2.45) is 5.41 Å². The van der Waals surface area contributed by atoms with E-state index in [0.717, 1.165) is 24.5 Å². The molecule has 5 heteroatoms. The summed E-state index contributed by atoms with van der Waals surface area (Å²) in [6.45, 7) is 2.46. The summed E-state index contributed by atoms with van der Waals surface area (Å²) in [5, 5.41) is 4.16. The monoisotopic (exact) mass is 313 g/mol. The van der Waals surface area contributed by atoms with Gasteiger partial charge in [0.15, 0.2) is 11.5 Å². The smallest absolute Gasteiger partial charge is 0.165 e. The molecule has 1 saturated carbocycles. The summed E-state index contributed by atoms with van der Waals surface area (Å²) >= 11 is 6.13. The van der Waals surface area contributed by atoms with Crippen LogP contribution >= 0.6 is 11.6 Å². The molecule has 0 bridgehead atoms. The average molecular weight is 314 g/mol. The van der Waals surface area contributed by atoms with E-state index in [2.05, 4.69) is 5.32 Å². The Labute approximate surface area is 131 Å². The third kappa shape index (κ3) is 3.82. The van der Waals surface area contributed by atoms with Gasteiger partial charge in [0, 0.05) is 42.3 Å². The van der Waals surface area contributed by atoms with Gasteiger partial charge in [-0.2, -0.15) is 0 Å². The highest BCUT2D eigenvalue weighted by atomic mass is 35.5.